The van der Waals surface area contributed by atoms with Gasteiger partial charge in [-0.25, -0.2) is 4.98 Å². The summed E-state index contributed by atoms with van der Waals surface area (Å²) in [6.45, 7) is 5.38. The maximum absolute atomic E-state index is 12.4. The number of nitrogens with zero attached hydrogens (tertiary/aromatic N) is 3. The van der Waals surface area contributed by atoms with E-state index in [1.165, 1.54) is 0 Å². The first-order valence-electron chi connectivity index (χ1n) is 10.2. The Kier molecular flexibility index (Phi) is 6.72. The van der Waals surface area contributed by atoms with E-state index in [1.807, 2.05) is 42.5 Å². The summed E-state index contributed by atoms with van der Waals surface area (Å²) in [5.41, 5.74) is 2.34. The molecule has 1 aromatic heterocycles. The number of hydrogen-bond acceptors (Lipinski definition) is 4. The van der Waals surface area contributed by atoms with E-state index in [1.54, 1.807) is 12.1 Å². The quantitative estimate of drug-likeness (QED) is 0.571. The van der Waals surface area contributed by atoms with E-state index in [9.17, 15) is 4.79 Å². The van der Waals surface area contributed by atoms with Crippen LogP contribution in [0, 0.1) is 0 Å². The molecule has 7 heteroatoms. The zero-order valence-electron chi connectivity index (χ0n) is 16.7. The van der Waals surface area contributed by atoms with Crippen molar-refractivity contribution in [2.75, 3.05) is 44.2 Å². The molecule has 0 aliphatic carbocycles. The molecule has 1 saturated heterocycles. The minimum absolute atomic E-state index is 0.122. The lowest BCUT2D eigenvalue weighted by Gasteiger charge is -2.36. The molecule has 3 aromatic rings. The molecule has 156 valence electrons. The van der Waals surface area contributed by atoms with Crippen molar-refractivity contribution in [1.82, 2.24) is 15.2 Å². The van der Waals surface area contributed by atoms with E-state index >= 15 is 0 Å². The van der Waals surface area contributed by atoms with E-state index in [2.05, 4.69) is 20.1 Å². The van der Waals surface area contributed by atoms with E-state index in [-0.39, 0.29) is 5.91 Å². The van der Waals surface area contributed by atoms with Crippen LogP contribution in [-0.4, -0.2) is 55.1 Å². The SMILES string of the molecule is O=C(NCCCN1CCN(c2ccc(Cl)cc2Cl)CC1)c1ccc2ccccc2n1. The summed E-state index contributed by atoms with van der Waals surface area (Å²) in [5.74, 6) is -0.122. The Balaban J connectivity index is 1.20. The minimum atomic E-state index is -0.122. The summed E-state index contributed by atoms with van der Waals surface area (Å²) >= 11 is 12.3. The predicted molar refractivity (Wildman–Crippen MR) is 124 cm³/mol. The number of aromatic nitrogens is 1. The van der Waals surface area contributed by atoms with Crippen LogP contribution in [0.5, 0.6) is 0 Å². The van der Waals surface area contributed by atoms with Gasteiger partial charge in [-0.3, -0.25) is 9.69 Å². The molecule has 0 radical (unpaired) electrons. The molecular weight excluding hydrogens is 419 g/mol. The van der Waals surface area contributed by atoms with E-state index < -0.39 is 0 Å². The number of hydrogen-bond donors (Lipinski definition) is 1. The number of carbonyl (C=O) groups is 1. The number of nitrogens with one attached hydrogen (secondary N) is 1. The van der Waals surface area contributed by atoms with Crippen LogP contribution >= 0.6 is 23.2 Å². The van der Waals surface area contributed by atoms with E-state index in [0.29, 0.717) is 22.3 Å². The standard InChI is InChI=1S/C23H24Cl2N4O/c24-18-7-9-22(19(25)16-18)29-14-12-28(13-15-29)11-3-10-26-23(30)21-8-6-17-4-1-2-5-20(17)27-21/h1-2,4-9,16H,3,10-15H2,(H,26,30). The van der Waals surface area contributed by atoms with Gasteiger partial charge in [0.05, 0.1) is 16.2 Å². The van der Waals surface area contributed by atoms with Crippen molar-refractivity contribution in [1.29, 1.82) is 0 Å². The van der Waals surface area contributed by atoms with Crippen molar-refractivity contribution in [3.05, 3.63) is 70.3 Å². The van der Waals surface area contributed by atoms with Gasteiger partial charge in [0.1, 0.15) is 5.69 Å². The average molecular weight is 443 g/mol. The average Bonchev–Trinajstić information content (AvgIpc) is 2.77. The van der Waals surface area contributed by atoms with Gasteiger partial charge in [-0.2, -0.15) is 0 Å². The monoisotopic (exact) mass is 442 g/mol. The van der Waals surface area contributed by atoms with Gasteiger partial charge in [0.15, 0.2) is 0 Å². The fraction of sp³-hybridized carbons (Fsp3) is 0.304. The van der Waals surface area contributed by atoms with Gasteiger partial charge >= 0.3 is 0 Å². The molecule has 1 aliphatic rings. The van der Waals surface area contributed by atoms with Crippen LogP contribution in [0.3, 0.4) is 0 Å². The van der Waals surface area contributed by atoms with Crippen LogP contribution in [0.1, 0.15) is 16.9 Å². The first-order valence-corrected chi connectivity index (χ1v) is 10.9. The van der Waals surface area contributed by atoms with Gasteiger partial charge in [0.2, 0.25) is 0 Å². The Bertz CT molecular complexity index is 1030. The van der Waals surface area contributed by atoms with Crippen molar-refractivity contribution in [3.63, 3.8) is 0 Å². The highest BCUT2D eigenvalue weighted by Crippen LogP contribution is 2.29. The van der Waals surface area contributed by atoms with Gasteiger partial charge in [-0.1, -0.05) is 47.5 Å². The van der Waals surface area contributed by atoms with Crippen molar-refractivity contribution >= 4 is 45.7 Å². The molecule has 0 unspecified atom stereocenters. The van der Waals surface area contributed by atoms with Gasteiger partial charge in [0.25, 0.3) is 5.91 Å². The highest BCUT2D eigenvalue weighted by Gasteiger charge is 2.18. The lowest BCUT2D eigenvalue weighted by Crippen LogP contribution is -2.47. The van der Waals surface area contributed by atoms with E-state index in [4.69, 9.17) is 23.2 Å². The molecule has 1 fully saturated rings. The van der Waals surface area contributed by atoms with Crippen LogP contribution in [0.15, 0.2) is 54.6 Å². The third kappa shape index (κ3) is 5.04. The number of para-hydroxylation sites is 1. The first-order chi connectivity index (χ1) is 14.6. The van der Waals surface area contributed by atoms with Crippen LogP contribution < -0.4 is 10.2 Å². The van der Waals surface area contributed by atoms with E-state index in [0.717, 1.165) is 55.7 Å². The maximum atomic E-state index is 12.4. The summed E-state index contributed by atoms with van der Waals surface area (Å²) < 4.78 is 0. The summed E-state index contributed by atoms with van der Waals surface area (Å²) in [7, 11) is 0. The van der Waals surface area contributed by atoms with Crippen molar-refractivity contribution in [2.24, 2.45) is 0 Å². The Hall–Kier alpha value is -2.34. The molecule has 30 heavy (non-hydrogen) atoms. The number of rotatable bonds is 6. The zero-order valence-corrected chi connectivity index (χ0v) is 18.2. The van der Waals surface area contributed by atoms with Gasteiger partial charge in [-0.15, -0.1) is 0 Å². The number of pyridine rings is 1. The summed E-state index contributed by atoms with van der Waals surface area (Å²) in [5, 5.41) is 5.37. The van der Waals surface area contributed by atoms with Crippen LogP contribution in [0.2, 0.25) is 10.0 Å². The van der Waals surface area contributed by atoms with Gasteiger partial charge in [0, 0.05) is 43.1 Å². The highest BCUT2D eigenvalue weighted by molar-refractivity contribution is 6.36. The summed E-state index contributed by atoms with van der Waals surface area (Å²) in [6, 6.07) is 17.2. The van der Waals surface area contributed by atoms with Crippen molar-refractivity contribution < 1.29 is 4.79 Å². The van der Waals surface area contributed by atoms with Crippen LogP contribution in [0.25, 0.3) is 10.9 Å². The molecule has 0 bridgehead atoms. The number of piperazine rings is 1. The lowest BCUT2D eigenvalue weighted by atomic mass is 10.2. The number of benzene rings is 2. The highest BCUT2D eigenvalue weighted by atomic mass is 35.5. The number of halogens is 2. The Morgan fingerprint density at radius 1 is 1.00 bits per heavy atom. The summed E-state index contributed by atoms with van der Waals surface area (Å²) in [4.78, 5) is 21.5. The molecule has 4 rings (SSSR count). The van der Waals surface area contributed by atoms with Crippen molar-refractivity contribution in [2.45, 2.75) is 6.42 Å². The predicted octanol–water partition coefficient (Wildman–Crippen LogP) is 4.48. The number of anilines is 1. The van der Waals surface area contributed by atoms with Gasteiger partial charge in [-0.05, 0) is 43.3 Å². The third-order valence-electron chi connectivity index (χ3n) is 5.39. The smallest absolute Gasteiger partial charge is 0.269 e. The van der Waals surface area contributed by atoms with Gasteiger partial charge < -0.3 is 10.2 Å². The molecule has 1 N–H and O–H groups in total. The maximum Gasteiger partial charge on any atom is 0.269 e. The number of carbonyl (C=O) groups excluding carboxylic acids is 1. The molecule has 2 heterocycles. The topological polar surface area (TPSA) is 48.5 Å². The third-order valence-corrected chi connectivity index (χ3v) is 5.93. The Morgan fingerprint density at radius 3 is 2.60 bits per heavy atom. The minimum Gasteiger partial charge on any atom is -0.368 e. The summed E-state index contributed by atoms with van der Waals surface area (Å²) in [6.07, 6.45) is 0.904. The molecular formula is C23H24Cl2N4O. The Morgan fingerprint density at radius 2 is 1.80 bits per heavy atom. The second-order valence-corrected chi connectivity index (χ2v) is 8.27. The molecule has 5 nitrogen and oxygen atoms in total. The molecule has 1 amide bonds. The molecule has 0 saturated carbocycles. The number of amides is 1. The number of fused-ring (bicyclic) bond motifs is 1. The zero-order chi connectivity index (χ0) is 20.9. The normalized spacial score (nSPS) is 14.8. The fourth-order valence-corrected chi connectivity index (χ4v) is 4.27. The second kappa shape index (κ2) is 9.65. The second-order valence-electron chi connectivity index (χ2n) is 7.42. The fourth-order valence-electron chi connectivity index (χ4n) is 3.74. The molecule has 1 aliphatic heterocycles. The van der Waals surface area contributed by atoms with Crippen molar-refractivity contribution in [3.8, 4) is 0 Å². The largest absolute Gasteiger partial charge is 0.368 e. The van der Waals surface area contributed by atoms with Crippen LogP contribution in [0.4, 0.5) is 5.69 Å². The molecule has 0 spiro atoms. The lowest BCUT2D eigenvalue weighted by molar-refractivity contribution is 0.0947. The molecule has 2 aromatic carbocycles. The first kappa shape index (κ1) is 20.9. The van der Waals surface area contributed by atoms with Crippen LogP contribution in [-0.2, 0) is 0 Å². The Labute approximate surface area is 186 Å². The molecule has 0 atom stereocenters.